The van der Waals surface area contributed by atoms with Gasteiger partial charge in [-0.3, -0.25) is 0 Å². The molecule has 0 saturated heterocycles. The minimum atomic E-state index is -3.14. The van der Waals surface area contributed by atoms with Crippen molar-refractivity contribution in [3.05, 3.63) is 12.2 Å². The van der Waals surface area contributed by atoms with Crippen molar-refractivity contribution < 1.29 is 0 Å². The first-order chi connectivity index (χ1) is 7.55. The summed E-state index contributed by atoms with van der Waals surface area (Å²) in [6, 6.07) is 0. The van der Waals surface area contributed by atoms with E-state index in [-0.39, 0.29) is 5.54 Å². The van der Waals surface area contributed by atoms with E-state index in [1.165, 1.54) is 12.8 Å². The van der Waals surface area contributed by atoms with E-state index in [2.05, 4.69) is 12.2 Å². The lowest BCUT2D eigenvalue weighted by Gasteiger charge is -2.35. The standard InChI is InChI=1S/C12H18Si/c13-10-5-8-4-9(10)12-7-2-1-6(3-7)11(8)12/h1-2,6-12H,3-5H2,13H3/i13T3. The molecule has 0 amide bonds. The highest BCUT2D eigenvalue weighted by atomic mass is 28.1. The van der Waals surface area contributed by atoms with E-state index < -0.39 is 10.0 Å². The predicted octanol–water partition coefficient (Wildman–Crippen LogP) is 1.62. The monoisotopic (exact) mass is 196 g/mol. The average Bonchev–Trinajstić information content (AvgIpc) is 2.94. The zero-order valence-electron chi connectivity index (χ0n) is 10.8. The largest absolute Gasteiger partial charge is 0.0848 e. The summed E-state index contributed by atoms with van der Waals surface area (Å²) in [6.07, 6.45) is 8.46. The Morgan fingerprint density at radius 1 is 1.08 bits per heavy atom. The Hall–Kier alpha value is -0.0431. The molecule has 0 nitrogen and oxygen atoms in total. The maximum atomic E-state index is 7.82. The fourth-order valence-corrected chi connectivity index (χ4v) is 5.68. The highest BCUT2D eigenvalue weighted by molar-refractivity contribution is 6.12. The first-order valence-electron chi connectivity index (χ1n) is 7.24. The van der Waals surface area contributed by atoms with E-state index in [0.717, 1.165) is 36.0 Å². The summed E-state index contributed by atoms with van der Waals surface area (Å²) in [5, 5.41) is 0. The Morgan fingerprint density at radius 3 is 2.77 bits per heavy atom. The third-order valence-electron chi connectivity index (χ3n) is 5.27. The fourth-order valence-electron chi connectivity index (χ4n) is 5.02. The molecule has 1 heteroatoms. The smallest absolute Gasteiger partial charge is 0.00758 e. The van der Waals surface area contributed by atoms with Crippen LogP contribution in [0, 0.1) is 35.5 Å². The molecule has 0 aromatic heterocycles. The van der Waals surface area contributed by atoms with E-state index in [0.29, 0.717) is 5.92 Å². The van der Waals surface area contributed by atoms with Crippen LogP contribution in [0.1, 0.15) is 19.3 Å². The molecule has 0 N–H and O–H groups in total. The second-order valence-corrected chi connectivity index (χ2v) is 6.35. The first kappa shape index (κ1) is 5.15. The molecule has 3 saturated carbocycles. The van der Waals surface area contributed by atoms with Crippen molar-refractivity contribution in [3.8, 4) is 0 Å². The summed E-state index contributed by atoms with van der Waals surface area (Å²) in [5.74, 6) is 4.58. The van der Waals surface area contributed by atoms with Gasteiger partial charge in [-0.05, 0) is 48.3 Å². The lowest BCUT2D eigenvalue weighted by Crippen LogP contribution is -2.28. The van der Waals surface area contributed by atoms with Gasteiger partial charge in [0.1, 0.15) is 0 Å². The van der Waals surface area contributed by atoms with Gasteiger partial charge >= 0.3 is 0 Å². The molecule has 70 valence electrons. The van der Waals surface area contributed by atoms with Crippen LogP contribution in [0.15, 0.2) is 12.2 Å². The van der Waals surface area contributed by atoms with E-state index in [4.69, 9.17) is 3.70 Å². The molecule has 4 aliphatic rings. The zero-order chi connectivity index (χ0) is 11.1. The Kier molecular flexibility index (Phi) is 0.845. The SMILES string of the molecule is [3H][Si]([3H])([3H])C1CC2CC1C1C3C=CC(C3)C21. The predicted molar refractivity (Wildman–Crippen MR) is 57.6 cm³/mol. The maximum absolute atomic E-state index is 7.82. The minimum Gasteiger partial charge on any atom is -0.0848 e. The Labute approximate surface area is 86.9 Å². The van der Waals surface area contributed by atoms with Gasteiger partial charge in [-0.1, -0.05) is 24.1 Å². The summed E-state index contributed by atoms with van der Waals surface area (Å²) < 4.78 is 23.5. The van der Waals surface area contributed by atoms with Gasteiger partial charge in [-0.25, -0.2) is 0 Å². The third kappa shape index (κ3) is 0.707. The number of rotatable bonds is 1. The van der Waals surface area contributed by atoms with Crippen LogP contribution in [0.4, 0.5) is 0 Å². The Bertz CT molecular complexity index is 362. The third-order valence-corrected chi connectivity index (χ3v) is 5.93. The molecule has 0 aromatic rings. The number of hydrogen-bond donors (Lipinski definition) is 0. The van der Waals surface area contributed by atoms with Gasteiger partial charge in [-0.2, -0.15) is 0 Å². The van der Waals surface area contributed by atoms with E-state index >= 15 is 0 Å². The van der Waals surface area contributed by atoms with Gasteiger partial charge in [-0.15, -0.1) is 0 Å². The first-order valence-corrected chi connectivity index (χ1v) is 6.32. The zero-order valence-corrected chi connectivity index (χ0v) is 8.82. The fraction of sp³-hybridized carbons (Fsp3) is 0.833. The van der Waals surface area contributed by atoms with Gasteiger partial charge in [0.05, 0.1) is 0 Å². The van der Waals surface area contributed by atoms with E-state index in [9.17, 15) is 0 Å². The second-order valence-electron chi connectivity index (χ2n) is 5.60. The van der Waals surface area contributed by atoms with Gasteiger partial charge in [0.2, 0.25) is 0 Å². The van der Waals surface area contributed by atoms with Crippen LogP contribution < -0.4 is 0 Å². The minimum absolute atomic E-state index is 0.159. The van der Waals surface area contributed by atoms with Crippen LogP contribution in [0.5, 0.6) is 0 Å². The highest BCUT2D eigenvalue weighted by Gasteiger charge is 2.59. The summed E-state index contributed by atoms with van der Waals surface area (Å²) in [4.78, 5) is 0. The van der Waals surface area contributed by atoms with Gasteiger partial charge in [0.15, 0.2) is 0 Å². The van der Waals surface area contributed by atoms with Crippen molar-refractivity contribution >= 4 is 10.0 Å². The lowest BCUT2D eigenvalue weighted by molar-refractivity contribution is 0.207. The molecule has 7 unspecified atom stereocenters. The summed E-state index contributed by atoms with van der Waals surface area (Å²) >= 11 is 0. The topological polar surface area (TPSA) is 0 Å². The number of allylic oxidation sites excluding steroid dienone is 2. The summed E-state index contributed by atoms with van der Waals surface area (Å²) in [7, 11) is -3.14. The molecule has 0 aliphatic heterocycles. The lowest BCUT2D eigenvalue weighted by atomic mass is 9.73. The van der Waals surface area contributed by atoms with Gasteiger partial charge < -0.3 is 0 Å². The normalized spacial score (nSPS) is 70.8. The second kappa shape index (κ2) is 2.13. The van der Waals surface area contributed by atoms with Gasteiger partial charge in [0, 0.05) is 13.7 Å². The molecule has 4 bridgehead atoms. The van der Waals surface area contributed by atoms with Crippen molar-refractivity contribution in [2.45, 2.75) is 24.8 Å². The van der Waals surface area contributed by atoms with Crippen molar-refractivity contribution in [2.75, 3.05) is 0 Å². The molecule has 4 rings (SSSR count). The van der Waals surface area contributed by atoms with Crippen LogP contribution in [-0.2, 0) is 0 Å². The quantitative estimate of drug-likeness (QED) is 0.340. The van der Waals surface area contributed by atoms with Crippen LogP contribution >= 0.6 is 0 Å². The maximum Gasteiger partial charge on any atom is 0.00758 e. The molecular formula is C12H18Si. The number of fused-ring (bicyclic) bond motifs is 9. The van der Waals surface area contributed by atoms with Crippen molar-refractivity contribution in [1.29, 1.82) is 3.70 Å². The Balaban J connectivity index is 1.68. The molecule has 0 radical (unpaired) electrons. The molecule has 0 aromatic carbocycles. The van der Waals surface area contributed by atoms with Crippen molar-refractivity contribution in [3.63, 3.8) is 0 Å². The molecule has 7 atom stereocenters. The molecule has 13 heavy (non-hydrogen) atoms. The van der Waals surface area contributed by atoms with E-state index in [1.54, 1.807) is 0 Å². The highest BCUT2D eigenvalue weighted by Crippen LogP contribution is 2.67. The van der Waals surface area contributed by atoms with E-state index in [1.807, 2.05) is 0 Å². The Morgan fingerprint density at radius 2 is 1.92 bits per heavy atom. The molecule has 0 heterocycles. The van der Waals surface area contributed by atoms with Crippen molar-refractivity contribution in [2.24, 2.45) is 35.5 Å². The van der Waals surface area contributed by atoms with Crippen LogP contribution in [0.2, 0.25) is 5.54 Å². The van der Waals surface area contributed by atoms with Crippen LogP contribution in [-0.4, -0.2) is 13.7 Å². The van der Waals surface area contributed by atoms with Crippen LogP contribution in [0.25, 0.3) is 0 Å². The number of hydrogen-bond acceptors (Lipinski definition) is 0. The van der Waals surface area contributed by atoms with Gasteiger partial charge in [0.25, 0.3) is 0 Å². The molecular weight excluding hydrogens is 172 g/mol. The summed E-state index contributed by atoms with van der Waals surface area (Å²) in [6.45, 7) is 0. The summed E-state index contributed by atoms with van der Waals surface area (Å²) in [5.41, 5.74) is 0.159. The van der Waals surface area contributed by atoms with Crippen LogP contribution in [0.3, 0.4) is 0 Å². The molecule has 3 fully saturated rings. The molecule has 0 spiro atoms. The van der Waals surface area contributed by atoms with Crippen molar-refractivity contribution in [1.82, 2.24) is 0 Å². The molecule has 4 aliphatic carbocycles. The average molecular weight is 196 g/mol.